The molecule has 2 N–H and O–H groups in total. The van der Waals surface area contributed by atoms with Crippen molar-refractivity contribution < 1.29 is 19.5 Å². The van der Waals surface area contributed by atoms with E-state index in [2.05, 4.69) is 0 Å². The van der Waals surface area contributed by atoms with E-state index in [1.54, 1.807) is 7.11 Å². The van der Waals surface area contributed by atoms with Crippen molar-refractivity contribution in [3.05, 3.63) is 24.3 Å². The van der Waals surface area contributed by atoms with Crippen molar-refractivity contribution in [1.82, 2.24) is 0 Å². The fourth-order valence-electron chi connectivity index (χ4n) is 2.57. The van der Waals surface area contributed by atoms with Gasteiger partial charge in [-0.2, -0.15) is 0 Å². The Hall–Kier alpha value is -1.26. The Labute approximate surface area is 114 Å². The van der Waals surface area contributed by atoms with Crippen LogP contribution in [0, 0.1) is 0 Å². The Bertz CT molecular complexity index is 377. The number of hydrogen-bond acceptors (Lipinski definition) is 3. The van der Waals surface area contributed by atoms with Crippen molar-refractivity contribution in [3.63, 3.8) is 0 Å². The van der Waals surface area contributed by atoms with E-state index in [0.717, 1.165) is 6.54 Å². The summed E-state index contributed by atoms with van der Waals surface area (Å²) < 4.78 is 10.9. The highest BCUT2D eigenvalue weighted by Crippen LogP contribution is 2.25. The van der Waals surface area contributed by atoms with Gasteiger partial charge in [-0.05, 0) is 31.4 Å². The van der Waals surface area contributed by atoms with E-state index in [1.165, 1.54) is 37.3 Å². The van der Waals surface area contributed by atoms with Gasteiger partial charge in [0.05, 0.1) is 20.2 Å². The molecule has 4 heteroatoms. The van der Waals surface area contributed by atoms with Gasteiger partial charge in [0.1, 0.15) is 19.3 Å². The number of rotatable bonds is 6. The summed E-state index contributed by atoms with van der Waals surface area (Å²) in [6, 6.07) is 7.52. The molecule has 1 fully saturated rings. The molecule has 0 radical (unpaired) electrons. The van der Waals surface area contributed by atoms with Gasteiger partial charge in [0.2, 0.25) is 0 Å². The minimum Gasteiger partial charge on any atom is -0.493 e. The molecule has 0 saturated carbocycles. The molecular weight excluding hydrogens is 242 g/mol. The zero-order valence-electron chi connectivity index (χ0n) is 11.6. The number of aliphatic hydroxyl groups excluding tert-OH is 1. The van der Waals surface area contributed by atoms with Gasteiger partial charge in [-0.1, -0.05) is 12.1 Å². The van der Waals surface area contributed by atoms with E-state index < -0.39 is 6.10 Å². The lowest BCUT2D eigenvalue weighted by Gasteiger charge is -2.25. The van der Waals surface area contributed by atoms with Crippen LogP contribution in [0.1, 0.15) is 19.3 Å². The average Bonchev–Trinajstić information content (AvgIpc) is 2.46. The number of piperidine rings is 1. The van der Waals surface area contributed by atoms with Crippen molar-refractivity contribution in [2.24, 2.45) is 0 Å². The fourth-order valence-corrected chi connectivity index (χ4v) is 2.57. The summed E-state index contributed by atoms with van der Waals surface area (Å²) in [5, 5.41) is 10.0. The third-order valence-corrected chi connectivity index (χ3v) is 3.59. The van der Waals surface area contributed by atoms with Crippen LogP contribution in [0.3, 0.4) is 0 Å². The van der Waals surface area contributed by atoms with Crippen molar-refractivity contribution >= 4 is 0 Å². The highest BCUT2D eigenvalue weighted by molar-refractivity contribution is 5.39. The summed E-state index contributed by atoms with van der Waals surface area (Å²) in [5.41, 5.74) is 0. The molecule has 1 aromatic rings. The highest BCUT2D eigenvalue weighted by Gasteiger charge is 2.18. The summed E-state index contributed by atoms with van der Waals surface area (Å²) in [7, 11) is 1.62. The monoisotopic (exact) mass is 266 g/mol. The smallest absolute Gasteiger partial charge is 0.161 e. The van der Waals surface area contributed by atoms with Crippen molar-refractivity contribution in [2.75, 3.05) is 33.4 Å². The van der Waals surface area contributed by atoms with Crippen LogP contribution >= 0.6 is 0 Å². The molecule has 1 atom stereocenters. The van der Waals surface area contributed by atoms with Crippen molar-refractivity contribution in [3.8, 4) is 11.5 Å². The van der Waals surface area contributed by atoms with E-state index in [1.807, 2.05) is 24.3 Å². The Kier molecular flexibility index (Phi) is 5.48. The van der Waals surface area contributed by atoms with Gasteiger partial charge in [0, 0.05) is 0 Å². The normalized spacial score (nSPS) is 18.0. The standard InChI is InChI=1S/C15H23NO3/c1-18-14-7-3-4-8-15(14)19-12-13(17)11-16-9-5-2-6-10-16/h3-4,7-8,13,17H,2,5-6,9-12H2,1H3/p+1/t13-/m0/s1. The van der Waals surface area contributed by atoms with Gasteiger partial charge in [-0.25, -0.2) is 0 Å². The predicted molar refractivity (Wildman–Crippen MR) is 73.9 cm³/mol. The predicted octanol–water partition coefficient (Wildman–Crippen LogP) is 0.504. The third-order valence-electron chi connectivity index (χ3n) is 3.59. The minimum atomic E-state index is -0.419. The van der Waals surface area contributed by atoms with Crippen molar-refractivity contribution in [1.29, 1.82) is 0 Å². The summed E-state index contributed by atoms with van der Waals surface area (Å²) in [6.07, 6.45) is 3.46. The van der Waals surface area contributed by atoms with Crippen molar-refractivity contribution in [2.45, 2.75) is 25.4 Å². The number of likely N-dealkylation sites (tertiary alicyclic amines) is 1. The largest absolute Gasteiger partial charge is 0.493 e. The molecule has 1 heterocycles. The summed E-state index contributed by atoms with van der Waals surface area (Å²) in [4.78, 5) is 1.49. The van der Waals surface area contributed by atoms with Gasteiger partial charge in [0.15, 0.2) is 11.5 Å². The van der Waals surface area contributed by atoms with Crippen LogP contribution in [0.25, 0.3) is 0 Å². The quantitative estimate of drug-likeness (QED) is 0.788. The molecule has 0 aromatic heterocycles. The molecule has 0 bridgehead atoms. The second-order valence-electron chi connectivity index (χ2n) is 5.13. The summed E-state index contributed by atoms with van der Waals surface area (Å²) in [5.74, 6) is 1.40. The Morgan fingerprint density at radius 3 is 2.53 bits per heavy atom. The first-order chi connectivity index (χ1) is 9.29. The maximum Gasteiger partial charge on any atom is 0.161 e. The maximum absolute atomic E-state index is 10.0. The SMILES string of the molecule is COc1ccccc1OC[C@@H](O)C[NH+]1CCCCC1. The van der Waals surface area contributed by atoms with E-state index >= 15 is 0 Å². The van der Waals surface area contributed by atoms with Crippen LogP contribution in [-0.4, -0.2) is 44.6 Å². The van der Waals surface area contributed by atoms with Gasteiger partial charge >= 0.3 is 0 Å². The highest BCUT2D eigenvalue weighted by atomic mass is 16.5. The Balaban J connectivity index is 1.77. The van der Waals surface area contributed by atoms with Crippen LogP contribution in [0.15, 0.2) is 24.3 Å². The fraction of sp³-hybridized carbons (Fsp3) is 0.600. The Morgan fingerprint density at radius 2 is 1.84 bits per heavy atom. The first kappa shape index (κ1) is 14.2. The molecule has 1 saturated heterocycles. The zero-order chi connectivity index (χ0) is 13.5. The summed E-state index contributed by atoms with van der Waals surface area (Å²) in [6.45, 7) is 3.44. The molecular formula is C15H24NO3+. The minimum absolute atomic E-state index is 0.323. The van der Waals surface area contributed by atoms with Crippen LogP contribution in [-0.2, 0) is 0 Å². The number of ether oxygens (including phenoxy) is 2. The van der Waals surface area contributed by atoms with Gasteiger partial charge in [0.25, 0.3) is 0 Å². The third kappa shape index (κ3) is 4.40. The number of nitrogens with one attached hydrogen (secondary N) is 1. The van der Waals surface area contributed by atoms with Crippen LogP contribution in [0.5, 0.6) is 11.5 Å². The maximum atomic E-state index is 10.0. The number of para-hydroxylation sites is 2. The molecule has 1 aliphatic heterocycles. The number of methoxy groups -OCH3 is 1. The molecule has 106 valence electrons. The molecule has 0 aliphatic carbocycles. The molecule has 0 amide bonds. The van der Waals surface area contributed by atoms with Gasteiger partial charge < -0.3 is 19.5 Å². The van der Waals surface area contributed by atoms with Crippen LogP contribution in [0.4, 0.5) is 0 Å². The van der Waals surface area contributed by atoms with Crippen LogP contribution in [0.2, 0.25) is 0 Å². The Morgan fingerprint density at radius 1 is 1.16 bits per heavy atom. The second-order valence-corrected chi connectivity index (χ2v) is 5.13. The first-order valence-corrected chi connectivity index (χ1v) is 7.07. The lowest BCUT2D eigenvalue weighted by molar-refractivity contribution is -0.908. The number of benzene rings is 1. The number of quaternary nitrogens is 1. The molecule has 1 aliphatic rings. The van der Waals surface area contributed by atoms with E-state index in [9.17, 15) is 5.11 Å². The lowest BCUT2D eigenvalue weighted by atomic mass is 10.1. The van der Waals surface area contributed by atoms with E-state index in [4.69, 9.17) is 9.47 Å². The zero-order valence-corrected chi connectivity index (χ0v) is 11.6. The average molecular weight is 266 g/mol. The topological polar surface area (TPSA) is 43.1 Å². The summed E-state index contributed by atoms with van der Waals surface area (Å²) >= 11 is 0. The molecule has 4 nitrogen and oxygen atoms in total. The first-order valence-electron chi connectivity index (χ1n) is 7.07. The van der Waals surface area contributed by atoms with Crippen LogP contribution < -0.4 is 14.4 Å². The van der Waals surface area contributed by atoms with Gasteiger partial charge in [-0.15, -0.1) is 0 Å². The number of hydrogen-bond donors (Lipinski definition) is 2. The van der Waals surface area contributed by atoms with Gasteiger partial charge in [-0.3, -0.25) is 0 Å². The molecule has 19 heavy (non-hydrogen) atoms. The van der Waals surface area contributed by atoms with E-state index in [0.29, 0.717) is 18.1 Å². The molecule has 0 unspecified atom stereocenters. The molecule has 2 rings (SSSR count). The molecule has 0 spiro atoms. The lowest BCUT2D eigenvalue weighted by Crippen LogP contribution is -3.14. The van der Waals surface area contributed by atoms with E-state index in [-0.39, 0.29) is 0 Å². The molecule has 1 aromatic carbocycles. The second kappa shape index (κ2) is 7.36. The number of aliphatic hydroxyl groups is 1.